The molecule has 0 saturated heterocycles. The second-order valence-corrected chi connectivity index (χ2v) is 3.53. The van der Waals surface area contributed by atoms with E-state index in [1.54, 1.807) is 0 Å². The van der Waals surface area contributed by atoms with Crippen LogP contribution >= 0.6 is 21.7 Å². The highest BCUT2D eigenvalue weighted by Crippen LogP contribution is 2.31. The van der Waals surface area contributed by atoms with Crippen molar-refractivity contribution >= 4 is 21.7 Å². The Kier molecular flexibility index (Phi) is 1.96. The first-order valence-electron chi connectivity index (χ1n) is 3.44. The lowest BCUT2D eigenvalue weighted by molar-refractivity contribution is 0.357. The van der Waals surface area contributed by atoms with Crippen molar-refractivity contribution in [1.29, 1.82) is 0 Å². The first kappa shape index (κ1) is 7.32. The Hall–Kier alpha value is -0.340. The van der Waals surface area contributed by atoms with Gasteiger partial charge >= 0.3 is 0 Å². The average Bonchev–Trinajstić information content (AvgIpc) is 2.50. The van der Waals surface area contributed by atoms with Crippen molar-refractivity contribution in [1.82, 2.24) is 0 Å². The first-order valence-corrected chi connectivity index (χ1v) is 5.09. The van der Waals surface area contributed by atoms with Crippen LogP contribution in [0.25, 0.3) is 0 Å². The van der Waals surface area contributed by atoms with Gasteiger partial charge in [-0.3, -0.25) is 0 Å². The van der Waals surface area contributed by atoms with Gasteiger partial charge in [0, 0.05) is 11.3 Å². The van der Waals surface area contributed by atoms with Gasteiger partial charge in [0.2, 0.25) is 0 Å². The van der Waals surface area contributed by atoms with Gasteiger partial charge in [0.15, 0.2) is 0 Å². The molecule has 0 aromatic heterocycles. The predicted octanol–water partition coefficient (Wildman–Crippen LogP) is 2.87. The minimum absolute atomic E-state index is 0.811. The number of hydrogen-bond acceptors (Lipinski definition) is 2. The van der Waals surface area contributed by atoms with Crippen LogP contribution in [0.3, 0.4) is 0 Å². The van der Waals surface area contributed by atoms with Gasteiger partial charge in [-0.15, -0.1) is 0 Å². The Bertz CT molecular complexity index is 275. The summed E-state index contributed by atoms with van der Waals surface area (Å²) in [5.74, 6) is 1.01. The van der Waals surface area contributed by atoms with E-state index in [1.807, 2.05) is 12.1 Å². The molecule has 1 nitrogen and oxygen atoms in total. The molecule has 0 unspecified atom stereocenters. The van der Waals surface area contributed by atoms with E-state index in [0.29, 0.717) is 0 Å². The maximum atomic E-state index is 5.60. The Balaban J connectivity index is 2.41. The maximum absolute atomic E-state index is 5.60. The topological polar surface area (TPSA) is 9.23 Å². The number of halogens is 1. The van der Waals surface area contributed by atoms with Crippen LogP contribution in [-0.2, 0) is 6.42 Å². The molecule has 1 aromatic carbocycles. The molecule has 0 spiro atoms. The fraction of sp³-hybridized carbons (Fsp3) is 0.250. The molecule has 1 aliphatic heterocycles. The molecule has 0 aliphatic carbocycles. The minimum Gasteiger partial charge on any atom is -0.493 e. The molecule has 0 saturated carbocycles. The number of benzene rings is 1. The van der Waals surface area contributed by atoms with Crippen molar-refractivity contribution in [3.63, 3.8) is 0 Å². The lowest BCUT2D eigenvalue weighted by Crippen LogP contribution is -1.85. The molecule has 1 aliphatic rings. The van der Waals surface area contributed by atoms with E-state index < -0.39 is 0 Å². The quantitative estimate of drug-likeness (QED) is 0.667. The highest BCUT2D eigenvalue weighted by molar-refractivity contribution is 8.21. The summed E-state index contributed by atoms with van der Waals surface area (Å²) in [4.78, 5) is 1.09. The van der Waals surface area contributed by atoms with Crippen LogP contribution in [0.5, 0.6) is 5.75 Å². The second-order valence-electron chi connectivity index (χ2n) is 2.45. The molecule has 0 bridgehead atoms. The van der Waals surface area contributed by atoms with Crippen LogP contribution in [0.4, 0.5) is 0 Å². The van der Waals surface area contributed by atoms with Gasteiger partial charge in [0.05, 0.1) is 6.61 Å². The molecule has 1 heterocycles. The summed E-state index contributed by atoms with van der Waals surface area (Å²) in [5.41, 5.74) is 1.27. The molecular weight excluding hydrogens is 180 g/mol. The number of rotatable bonds is 1. The molecule has 0 N–H and O–H groups in total. The lowest BCUT2D eigenvalue weighted by atomic mass is 10.2. The molecule has 0 fully saturated rings. The van der Waals surface area contributed by atoms with E-state index in [4.69, 9.17) is 15.4 Å². The summed E-state index contributed by atoms with van der Waals surface area (Å²) in [6.07, 6.45) is 1.01. The van der Waals surface area contributed by atoms with Gasteiger partial charge in [-0.2, -0.15) is 0 Å². The third-order valence-corrected chi connectivity index (χ3v) is 2.72. The summed E-state index contributed by atoms with van der Waals surface area (Å²) < 4.78 is 5.35. The van der Waals surface area contributed by atoms with Gasteiger partial charge in [0.25, 0.3) is 0 Å². The van der Waals surface area contributed by atoms with Crippen molar-refractivity contribution in [3.8, 4) is 5.75 Å². The largest absolute Gasteiger partial charge is 0.493 e. The first-order chi connectivity index (χ1) is 5.40. The molecule has 0 amide bonds. The Morgan fingerprint density at radius 3 is 3.18 bits per heavy atom. The zero-order valence-corrected chi connectivity index (χ0v) is 7.41. The maximum Gasteiger partial charge on any atom is 0.122 e. The van der Waals surface area contributed by atoms with E-state index in [2.05, 4.69) is 6.07 Å². The highest BCUT2D eigenvalue weighted by atomic mass is 35.7. The van der Waals surface area contributed by atoms with Crippen LogP contribution in [0.15, 0.2) is 23.1 Å². The molecule has 3 heteroatoms. The van der Waals surface area contributed by atoms with Gasteiger partial charge in [-0.1, -0.05) is 0 Å². The molecular formula is C8H7ClOS. The lowest BCUT2D eigenvalue weighted by Gasteiger charge is -1.98. The molecule has 2 rings (SSSR count). The smallest absolute Gasteiger partial charge is 0.122 e. The molecule has 0 radical (unpaired) electrons. The molecule has 58 valence electrons. The van der Waals surface area contributed by atoms with E-state index >= 15 is 0 Å². The van der Waals surface area contributed by atoms with E-state index in [1.165, 1.54) is 16.5 Å². The van der Waals surface area contributed by atoms with Crippen LogP contribution in [0.2, 0.25) is 0 Å². The third kappa shape index (κ3) is 1.33. The summed E-state index contributed by atoms with van der Waals surface area (Å²) in [7, 11) is 6.86. The SMILES string of the molecule is ClSc1ccc2c(c1)CCO2. The van der Waals surface area contributed by atoms with Gasteiger partial charge < -0.3 is 4.74 Å². The van der Waals surface area contributed by atoms with Crippen molar-refractivity contribution in [2.75, 3.05) is 6.61 Å². The minimum atomic E-state index is 0.811. The standard InChI is InChI=1S/C8H7ClOS/c9-11-7-1-2-8-6(5-7)3-4-10-8/h1-2,5H,3-4H2. The normalized spacial score (nSPS) is 14.3. The zero-order valence-electron chi connectivity index (χ0n) is 5.84. The van der Waals surface area contributed by atoms with Crippen LogP contribution < -0.4 is 4.74 Å². The molecule has 11 heavy (non-hydrogen) atoms. The van der Waals surface area contributed by atoms with Gasteiger partial charge in [-0.05, 0) is 45.4 Å². The van der Waals surface area contributed by atoms with Crippen molar-refractivity contribution in [2.24, 2.45) is 0 Å². The number of fused-ring (bicyclic) bond motifs is 1. The number of hydrogen-bond donors (Lipinski definition) is 0. The summed E-state index contributed by atoms with van der Waals surface area (Å²) in [6.45, 7) is 0.811. The van der Waals surface area contributed by atoms with E-state index in [9.17, 15) is 0 Å². The highest BCUT2D eigenvalue weighted by Gasteiger charge is 2.11. The number of ether oxygens (including phenoxy) is 1. The third-order valence-electron chi connectivity index (χ3n) is 1.75. The van der Waals surface area contributed by atoms with E-state index in [0.717, 1.165) is 23.7 Å². The average molecular weight is 187 g/mol. The van der Waals surface area contributed by atoms with E-state index in [-0.39, 0.29) is 0 Å². The summed E-state index contributed by atoms with van der Waals surface area (Å²) >= 11 is 0. The Morgan fingerprint density at radius 1 is 1.45 bits per heavy atom. The summed E-state index contributed by atoms with van der Waals surface area (Å²) in [5, 5.41) is 0. The fourth-order valence-electron chi connectivity index (χ4n) is 1.21. The molecule has 1 aromatic rings. The van der Waals surface area contributed by atoms with Crippen molar-refractivity contribution in [2.45, 2.75) is 11.3 Å². The van der Waals surface area contributed by atoms with Crippen molar-refractivity contribution < 1.29 is 4.74 Å². The van der Waals surface area contributed by atoms with Crippen LogP contribution in [0, 0.1) is 0 Å². The molecule has 0 atom stereocenters. The monoisotopic (exact) mass is 186 g/mol. The van der Waals surface area contributed by atoms with Gasteiger partial charge in [-0.25, -0.2) is 0 Å². The summed E-state index contributed by atoms with van der Waals surface area (Å²) in [6, 6.07) is 6.04. The van der Waals surface area contributed by atoms with Crippen LogP contribution in [0.1, 0.15) is 5.56 Å². The fourth-order valence-corrected chi connectivity index (χ4v) is 1.81. The van der Waals surface area contributed by atoms with Crippen LogP contribution in [-0.4, -0.2) is 6.61 Å². The van der Waals surface area contributed by atoms with Crippen molar-refractivity contribution in [3.05, 3.63) is 23.8 Å². The van der Waals surface area contributed by atoms with Gasteiger partial charge in [0.1, 0.15) is 5.75 Å². The predicted molar refractivity (Wildman–Crippen MR) is 47.4 cm³/mol. The Morgan fingerprint density at radius 2 is 2.36 bits per heavy atom. The second kappa shape index (κ2) is 2.95. The zero-order chi connectivity index (χ0) is 7.68. The Labute approximate surface area is 74.2 Å².